The van der Waals surface area contributed by atoms with Gasteiger partial charge in [-0.25, -0.2) is 8.42 Å². The molecule has 1 aliphatic heterocycles. The van der Waals surface area contributed by atoms with Gasteiger partial charge in [0.1, 0.15) is 11.5 Å². The number of carbonyl (C=O) groups excluding carboxylic acids is 1. The number of sulfonamides is 1. The number of amides is 1. The highest BCUT2D eigenvalue weighted by molar-refractivity contribution is 7.98. The summed E-state index contributed by atoms with van der Waals surface area (Å²) in [5.41, 5.74) is 0.705. The third-order valence-electron chi connectivity index (χ3n) is 5.26. The fourth-order valence-corrected chi connectivity index (χ4v) is 5.22. The van der Waals surface area contributed by atoms with E-state index in [4.69, 9.17) is 9.47 Å². The molecule has 2 aromatic carbocycles. The number of methoxy groups -OCH3 is 2. The van der Waals surface area contributed by atoms with Crippen molar-refractivity contribution in [2.45, 2.75) is 35.5 Å². The zero-order chi connectivity index (χ0) is 22.4. The largest absolute Gasteiger partial charge is 0.497 e. The molecule has 0 atom stereocenters. The SMILES string of the molecule is COc1ccc(NS(=O)(=O)c2ccc(SC)c(C(=O)N3CCCCCC3)c2)c(OC)c1. The molecule has 7 nitrogen and oxygen atoms in total. The maximum Gasteiger partial charge on any atom is 0.262 e. The van der Waals surface area contributed by atoms with Crippen LogP contribution in [0.25, 0.3) is 0 Å². The zero-order valence-corrected chi connectivity index (χ0v) is 19.6. The normalized spacial score (nSPS) is 14.6. The van der Waals surface area contributed by atoms with Crippen molar-refractivity contribution in [3.63, 3.8) is 0 Å². The van der Waals surface area contributed by atoms with Gasteiger partial charge in [-0.3, -0.25) is 9.52 Å². The van der Waals surface area contributed by atoms with Gasteiger partial charge in [0.2, 0.25) is 0 Å². The third kappa shape index (κ3) is 5.46. The molecule has 0 radical (unpaired) electrons. The van der Waals surface area contributed by atoms with E-state index in [9.17, 15) is 13.2 Å². The van der Waals surface area contributed by atoms with Crippen molar-refractivity contribution in [2.75, 3.05) is 38.3 Å². The van der Waals surface area contributed by atoms with Gasteiger partial charge in [0.05, 0.1) is 30.4 Å². The highest BCUT2D eigenvalue weighted by Gasteiger charge is 2.24. The summed E-state index contributed by atoms with van der Waals surface area (Å²) in [5, 5.41) is 0. The Morgan fingerprint density at radius 1 is 1.00 bits per heavy atom. The van der Waals surface area contributed by atoms with Gasteiger partial charge >= 0.3 is 0 Å². The fraction of sp³-hybridized carbons (Fsp3) is 0.409. The summed E-state index contributed by atoms with van der Waals surface area (Å²) >= 11 is 1.43. The van der Waals surface area contributed by atoms with E-state index in [0.717, 1.165) is 30.6 Å². The number of carbonyl (C=O) groups is 1. The number of rotatable bonds is 7. The lowest BCUT2D eigenvalue weighted by atomic mass is 10.2. The molecule has 1 amide bonds. The lowest BCUT2D eigenvalue weighted by Crippen LogP contribution is -2.32. The van der Waals surface area contributed by atoms with E-state index in [1.807, 2.05) is 11.2 Å². The van der Waals surface area contributed by atoms with Crippen LogP contribution in [-0.2, 0) is 10.0 Å². The lowest BCUT2D eigenvalue weighted by Gasteiger charge is -2.22. The van der Waals surface area contributed by atoms with E-state index in [0.29, 0.717) is 30.2 Å². The first kappa shape index (κ1) is 23.3. The summed E-state index contributed by atoms with van der Waals surface area (Å²) < 4.78 is 39.2. The fourth-order valence-electron chi connectivity index (χ4n) is 3.55. The minimum atomic E-state index is -3.94. The number of hydrogen-bond acceptors (Lipinski definition) is 6. The number of thioether (sulfide) groups is 1. The van der Waals surface area contributed by atoms with Crippen molar-refractivity contribution in [3.05, 3.63) is 42.0 Å². The molecule has 168 valence electrons. The molecule has 0 unspecified atom stereocenters. The predicted molar refractivity (Wildman–Crippen MR) is 123 cm³/mol. The van der Waals surface area contributed by atoms with E-state index < -0.39 is 10.0 Å². The molecule has 3 rings (SSSR count). The molecule has 0 aliphatic carbocycles. The minimum Gasteiger partial charge on any atom is -0.497 e. The Bertz CT molecular complexity index is 1030. The van der Waals surface area contributed by atoms with E-state index in [1.54, 1.807) is 24.3 Å². The van der Waals surface area contributed by atoms with Crippen LogP contribution >= 0.6 is 11.8 Å². The molecule has 0 saturated carbocycles. The standard InChI is InChI=1S/C22H28N2O5S2/c1-28-16-8-10-19(20(14-16)29-2)23-31(26,27)17-9-11-21(30-3)18(15-17)22(25)24-12-6-4-5-7-13-24/h8-11,14-15,23H,4-7,12-13H2,1-3H3. The number of benzene rings is 2. The molecule has 0 aromatic heterocycles. The summed E-state index contributed by atoms with van der Waals surface area (Å²) in [6.07, 6.45) is 6.04. The summed E-state index contributed by atoms with van der Waals surface area (Å²) in [7, 11) is -0.957. The van der Waals surface area contributed by atoms with Crippen molar-refractivity contribution in [2.24, 2.45) is 0 Å². The van der Waals surface area contributed by atoms with Crippen LogP contribution in [-0.4, -0.2) is 52.8 Å². The number of hydrogen-bond donors (Lipinski definition) is 1. The van der Waals surface area contributed by atoms with Crippen LogP contribution in [0.2, 0.25) is 0 Å². The van der Waals surface area contributed by atoms with Crippen molar-refractivity contribution < 1.29 is 22.7 Å². The average Bonchev–Trinajstić information content (AvgIpc) is 3.07. The molecular weight excluding hydrogens is 436 g/mol. The smallest absolute Gasteiger partial charge is 0.262 e. The Morgan fingerprint density at radius 2 is 1.71 bits per heavy atom. The predicted octanol–water partition coefficient (Wildman–Crippen LogP) is 4.24. The van der Waals surface area contributed by atoms with Gasteiger partial charge in [-0.1, -0.05) is 12.8 Å². The third-order valence-corrected chi connectivity index (χ3v) is 7.42. The maximum absolute atomic E-state index is 13.2. The molecule has 0 bridgehead atoms. The molecule has 2 aromatic rings. The van der Waals surface area contributed by atoms with Gasteiger partial charge in [0.25, 0.3) is 15.9 Å². The number of likely N-dealkylation sites (tertiary alicyclic amines) is 1. The quantitative estimate of drug-likeness (QED) is 0.617. The first-order valence-electron chi connectivity index (χ1n) is 10.1. The van der Waals surface area contributed by atoms with E-state index in [1.165, 1.54) is 38.1 Å². The van der Waals surface area contributed by atoms with Gasteiger partial charge < -0.3 is 14.4 Å². The highest BCUT2D eigenvalue weighted by atomic mass is 32.2. The van der Waals surface area contributed by atoms with E-state index >= 15 is 0 Å². The second-order valence-electron chi connectivity index (χ2n) is 7.24. The molecule has 1 N–H and O–H groups in total. The maximum atomic E-state index is 13.2. The van der Waals surface area contributed by atoms with Crippen molar-refractivity contribution in [1.82, 2.24) is 4.90 Å². The van der Waals surface area contributed by atoms with Gasteiger partial charge in [-0.2, -0.15) is 0 Å². The van der Waals surface area contributed by atoms with Crippen LogP contribution in [0, 0.1) is 0 Å². The van der Waals surface area contributed by atoms with Gasteiger partial charge in [-0.05, 0) is 49.4 Å². The van der Waals surface area contributed by atoms with Gasteiger partial charge in [0, 0.05) is 24.1 Å². The van der Waals surface area contributed by atoms with E-state index in [-0.39, 0.29) is 16.5 Å². The molecule has 9 heteroatoms. The second kappa shape index (κ2) is 10.3. The average molecular weight is 465 g/mol. The minimum absolute atomic E-state index is 0.0290. The molecule has 31 heavy (non-hydrogen) atoms. The number of ether oxygens (including phenoxy) is 2. The van der Waals surface area contributed by atoms with Gasteiger partial charge in [0.15, 0.2) is 0 Å². The molecular formula is C22H28N2O5S2. The van der Waals surface area contributed by atoms with Crippen LogP contribution in [0.3, 0.4) is 0 Å². The summed E-state index contributed by atoms with van der Waals surface area (Å²) in [6.45, 7) is 1.40. The molecule has 1 fully saturated rings. The number of anilines is 1. The topological polar surface area (TPSA) is 84.9 Å². The second-order valence-corrected chi connectivity index (χ2v) is 9.77. The monoisotopic (exact) mass is 464 g/mol. The van der Waals surface area contributed by atoms with Crippen molar-refractivity contribution >= 4 is 33.4 Å². The Labute approximate surface area is 188 Å². The summed E-state index contributed by atoms with van der Waals surface area (Å²) in [6, 6.07) is 9.50. The summed E-state index contributed by atoms with van der Waals surface area (Å²) in [5.74, 6) is 0.768. The van der Waals surface area contributed by atoms with Gasteiger partial charge in [-0.15, -0.1) is 11.8 Å². The van der Waals surface area contributed by atoms with Crippen molar-refractivity contribution in [1.29, 1.82) is 0 Å². The number of nitrogens with one attached hydrogen (secondary N) is 1. The molecule has 1 saturated heterocycles. The van der Waals surface area contributed by atoms with Crippen molar-refractivity contribution in [3.8, 4) is 11.5 Å². The van der Waals surface area contributed by atoms with Crippen LogP contribution in [0.5, 0.6) is 11.5 Å². The molecule has 0 spiro atoms. The van der Waals surface area contributed by atoms with Crippen LogP contribution in [0.4, 0.5) is 5.69 Å². The lowest BCUT2D eigenvalue weighted by molar-refractivity contribution is 0.0758. The first-order valence-corrected chi connectivity index (χ1v) is 12.8. The Kier molecular flexibility index (Phi) is 7.72. The van der Waals surface area contributed by atoms with Crippen LogP contribution in [0.1, 0.15) is 36.0 Å². The van der Waals surface area contributed by atoms with Crippen LogP contribution in [0.15, 0.2) is 46.2 Å². The highest BCUT2D eigenvalue weighted by Crippen LogP contribution is 2.32. The Morgan fingerprint density at radius 3 is 2.32 bits per heavy atom. The van der Waals surface area contributed by atoms with E-state index in [2.05, 4.69) is 4.72 Å². The van der Waals surface area contributed by atoms with Crippen LogP contribution < -0.4 is 14.2 Å². The first-order chi connectivity index (χ1) is 14.9. The number of nitrogens with zero attached hydrogens (tertiary/aromatic N) is 1. The molecule has 1 heterocycles. The summed E-state index contributed by atoms with van der Waals surface area (Å²) in [4.78, 5) is 15.8. The Balaban J connectivity index is 1.93. The zero-order valence-electron chi connectivity index (χ0n) is 18.0. The Hall–Kier alpha value is -2.39. The molecule has 1 aliphatic rings.